The van der Waals surface area contributed by atoms with Crippen molar-refractivity contribution in [3.05, 3.63) is 29.3 Å². The predicted molar refractivity (Wildman–Crippen MR) is 74.8 cm³/mol. The lowest BCUT2D eigenvalue weighted by molar-refractivity contribution is -0.130. The summed E-state index contributed by atoms with van der Waals surface area (Å²) in [6.07, 6.45) is 3.33. The Morgan fingerprint density at radius 2 is 1.85 bits per heavy atom. The Morgan fingerprint density at radius 3 is 2.50 bits per heavy atom. The number of nitrogens with zero attached hydrogens (tertiary/aromatic N) is 3. The fourth-order valence-electron chi connectivity index (χ4n) is 2.28. The van der Waals surface area contributed by atoms with Crippen molar-refractivity contribution in [2.75, 3.05) is 25.0 Å². The van der Waals surface area contributed by atoms with Crippen molar-refractivity contribution in [3.63, 3.8) is 0 Å². The van der Waals surface area contributed by atoms with Gasteiger partial charge in [0.05, 0.1) is 17.7 Å². The Balaban J connectivity index is 1.95. The van der Waals surface area contributed by atoms with Gasteiger partial charge in [-0.2, -0.15) is 10.5 Å². The van der Waals surface area contributed by atoms with Crippen LogP contribution in [0.25, 0.3) is 0 Å². The molecule has 2 rings (SSSR count). The lowest BCUT2D eigenvalue weighted by atomic mass is 10.1. The first kappa shape index (κ1) is 13.9. The van der Waals surface area contributed by atoms with Crippen LogP contribution in [0.2, 0.25) is 0 Å². The SMILES string of the molecule is N#Cc1ccc(NCC(=O)N2CCCCC2)cc1C#N. The largest absolute Gasteiger partial charge is 0.376 e. The van der Waals surface area contributed by atoms with Gasteiger partial charge in [0, 0.05) is 18.8 Å². The van der Waals surface area contributed by atoms with Gasteiger partial charge in [-0.3, -0.25) is 4.79 Å². The van der Waals surface area contributed by atoms with Gasteiger partial charge >= 0.3 is 0 Å². The maximum atomic E-state index is 12.0. The molecule has 1 aliphatic heterocycles. The summed E-state index contributed by atoms with van der Waals surface area (Å²) in [5.41, 5.74) is 1.36. The van der Waals surface area contributed by atoms with Crippen LogP contribution in [-0.4, -0.2) is 30.4 Å². The molecule has 0 aliphatic carbocycles. The van der Waals surface area contributed by atoms with E-state index in [-0.39, 0.29) is 12.5 Å². The van der Waals surface area contributed by atoms with Crippen molar-refractivity contribution in [1.29, 1.82) is 10.5 Å². The molecule has 0 aromatic heterocycles. The second kappa shape index (κ2) is 6.58. The van der Waals surface area contributed by atoms with E-state index in [0.717, 1.165) is 25.9 Å². The molecule has 1 saturated heterocycles. The van der Waals surface area contributed by atoms with E-state index in [1.807, 2.05) is 17.0 Å². The number of hydrogen-bond acceptors (Lipinski definition) is 4. The monoisotopic (exact) mass is 268 g/mol. The van der Waals surface area contributed by atoms with E-state index >= 15 is 0 Å². The molecule has 0 bridgehead atoms. The summed E-state index contributed by atoms with van der Waals surface area (Å²) in [6.45, 7) is 1.88. The van der Waals surface area contributed by atoms with Crippen LogP contribution in [0.15, 0.2) is 18.2 Å². The molecule has 1 aliphatic rings. The summed E-state index contributed by atoms with van der Waals surface area (Å²) < 4.78 is 0. The molecular weight excluding hydrogens is 252 g/mol. The molecule has 20 heavy (non-hydrogen) atoms. The van der Waals surface area contributed by atoms with Crippen LogP contribution >= 0.6 is 0 Å². The summed E-state index contributed by atoms with van der Waals surface area (Å²) in [5.74, 6) is 0.0765. The molecule has 0 unspecified atom stereocenters. The maximum Gasteiger partial charge on any atom is 0.241 e. The smallest absolute Gasteiger partial charge is 0.241 e. The summed E-state index contributed by atoms with van der Waals surface area (Å²) in [5, 5.41) is 20.8. The highest BCUT2D eigenvalue weighted by molar-refractivity contribution is 5.81. The van der Waals surface area contributed by atoms with E-state index in [4.69, 9.17) is 10.5 Å². The van der Waals surface area contributed by atoms with Crippen molar-refractivity contribution in [3.8, 4) is 12.1 Å². The van der Waals surface area contributed by atoms with Crippen LogP contribution in [0.5, 0.6) is 0 Å². The summed E-state index contributed by atoms with van der Waals surface area (Å²) in [6, 6.07) is 8.84. The third-order valence-corrected chi connectivity index (χ3v) is 3.41. The molecule has 0 saturated carbocycles. The minimum absolute atomic E-state index is 0.0765. The molecule has 1 N–H and O–H groups in total. The van der Waals surface area contributed by atoms with Gasteiger partial charge in [0.1, 0.15) is 12.1 Å². The number of hydrogen-bond donors (Lipinski definition) is 1. The van der Waals surface area contributed by atoms with E-state index in [0.29, 0.717) is 16.8 Å². The topological polar surface area (TPSA) is 79.9 Å². The molecular formula is C15H16N4O. The molecule has 0 atom stereocenters. The highest BCUT2D eigenvalue weighted by Crippen LogP contribution is 2.15. The molecule has 102 valence electrons. The highest BCUT2D eigenvalue weighted by Gasteiger charge is 2.15. The summed E-state index contributed by atoms with van der Waals surface area (Å²) in [4.78, 5) is 13.9. The first-order valence-corrected chi connectivity index (χ1v) is 6.70. The highest BCUT2D eigenvalue weighted by atomic mass is 16.2. The third-order valence-electron chi connectivity index (χ3n) is 3.41. The quantitative estimate of drug-likeness (QED) is 0.907. The van der Waals surface area contributed by atoms with Gasteiger partial charge in [0.25, 0.3) is 0 Å². The van der Waals surface area contributed by atoms with Crippen LogP contribution in [0.3, 0.4) is 0 Å². The van der Waals surface area contributed by atoms with Crippen LogP contribution in [0.1, 0.15) is 30.4 Å². The van der Waals surface area contributed by atoms with Crippen molar-refractivity contribution in [1.82, 2.24) is 4.90 Å². The number of nitriles is 2. The normalized spacial score (nSPS) is 14.2. The van der Waals surface area contributed by atoms with Crippen molar-refractivity contribution in [2.24, 2.45) is 0 Å². The Morgan fingerprint density at radius 1 is 1.15 bits per heavy atom. The number of nitrogens with one attached hydrogen (secondary N) is 1. The third kappa shape index (κ3) is 3.27. The molecule has 5 heteroatoms. The standard InChI is InChI=1S/C15H16N4O/c16-9-12-4-5-14(8-13(12)10-17)18-11-15(20)19-6-2-1-3-7-19/h4-5,8,18H,1-3,6-7,11H2. The number of amides is 1. The van der Waals surface area contributed by atoms with Gasteiger partial charge in [-0.1, -0.05) is 0 Å². The molecule has 1 aromatic carbocycles. The van der Waals surface area contributed by atoms with Crippen LogP contribution in [0, 0.1) is 22.7 Å². The Hall–Kier alpha value is -2.53. The average Bonchev–Trinajstić information content (AvgIpc) is 2.53. The van der Waals surface area contributed by atoms with Gasteiger partial charge in [0.2, 0.25) is 5.91 Å². The van der Waals surface area contributed by atoms with Gasteiger partial charge < -0.3 is 10.2 Å². The number of likely N-dealkylation sites (tertiary alicyclic amines) is 1. The van der Waals surface area contributed by atoms with Gasteiger partial charge in [0.15, 0.2) is 0 Å². The number of piperidine rings is 1. The first-order valence-electron chi connectivity index (χ1n) is 6.70. The molecule has 1 heterocycles. The lowest BCUT2D eigenvalue weighted by Gasteiger charge is -2.26. The van der Waals surface area contributed by atoms with Gasteiger partial charge in [-0.15, -0.1) is 0 Å². The first-order chi connectivity index (χ1) is 9.74. The number of carbonyl (C=O) groups excluding carboxylic acids is 1. The van der Waals surface area contributed by atoms with Gasteiger partial charge in [-0.05, 0) is 37.5 Å². The fourth-order valence-corrected chi connectivity index (χ4v) is 2.28. The number of rotatable bonds is 3. The molecule has 1 fully saturated rings. The zero-order valence-electron chi connectivity index (χ0n) is 11.2. The van der Waals surface area contributed by atoms with E-state index in [9.17, 15) is 4.79 Å². The van der Waals surface area contributed by atoms with E-state index in [2.05, 4.69) is 5.32 Å². The van der Waals surface area contributed by atoms with E-state index in [1.165, 1.54) is 6.42 Å². The average molecular weight is 268 g/mol. The molecule has 5 nitrogen and oxygen atoms in total. The van der Waals surface area contributed by atoms with Crippen molar-refractivity contribution >= 4 is 11.6 Å². The van der Waals surface area contributed by atoms with Crippen LogP contribution in [0.4, 0.5) is 5.69 Å². The van der Waals surface area contributed by atoms with Gasteiger partial charge in [-0.25, -0.2) is 0 Å². The molecule has 1 amide bonds. The zero-order chi connectivity index (χ0) is 14.4. The Kier molecular flexibility index (Phi) is 4.57. The summed E-state index contributed by atoms with van der Waals surface area (Å²) >= 11 is 0. The molecule has 0 radical (unpaired) electrons. The van der Waals surface area contributed by atoms with Crippen molar-refractivity contribution in [2.45, 2.75) is 19.3 Å². The predicted octanol–water partition coefficient (Wildman–Crippen LogP) is 1.85. The molecule has 1 aromatic rings. The Labute approximate surface area is 118 Å². The minimum Gasteiger partial charge on any atom is -0.376 e. The van der Waals surface area contributed by atoms with Crippen molar-refractivity contribution < 1.29 is 4.79 Å². The number of anilines is 1. The van der Waals surface area contributed by atoms with Crippen LogP contribution < -0.4 is 5.32 Å². The number of carbonyl (C=O) groups is 1. The minimum atomic E-state index is 0.0765. The summed E-state index contributed by atoms with van der Waals surface area (Å²) in [7, 11) is 0. The zero-order valence-corrected chi connectivity index (χ0v) is 11.2. The Bertz CT molecular complexity index is 577. The fraction of sp³-hybridized carbons (Fsp3) is 0.400. The number of benzene rings is 1. The molecule has 0 spiro atoms. The van der Waals surface area contributed by atoms with E-state index in [1.54, 1.807) is 18.2 Å². The second-order valence-corrected chi connectivity index (χ2v) is 4.78. The van der Waals surface area contributed by atoms with E-state index < -0.39 is 0 Å². The van der Waals surface area contributed by atoms with Crippen LogP contribution in [-0.2, 0) is 4.79 Å². The lowest BCUT2D eigenvalue weighted by Crippen LogP contribution is -2.39. The second-order valence-electron chi connectivity index (χ2n) is 4.78. The maximum absolute atomic E-state index is 12.0.